The van der Waals surface area contributed by atoms with E-state index in [-0.39, 0.29) is 11.4 Å². The molecule has 0 aliphatic rings. The molecule has 110 valence electrons. The molecule has 0 saturated carbocycles. The predicted molar refractivity (Wildman–Crippen MR) is 76.2 cm³/mol. The predicted octanol–water partition coefficient (Wildman–Crippen LogP) is 4.35. The quantitative estimate of drug-likeness (QED) is 0.673. The minimum Gasteiger partial charge on any atom is -0.374 e. The van der Waals surface area contributed by atoms with E-state index in [1.807, 2.05) is 0 Å². The maximum Gasteiger partial charge on any atom is 0.272 e. The van der Waals surface area contributed by atoms with Crippen LogP contribution >= 0.6 is 0 Å². The number of nitro groups is 1. The Morgan fingerprint density at radius 2 is 1.81 bits per heavy atom. The number of nitro benzene ring substituents is 1. The zero-order valence-corrected chi connectivity index (χ0v) is 11.6. The van der Waals surface area contributed by atoms with Crippen molar-refractivity contribution in [2.24, 2.45) is 0 Å². The molecule has 0 heterocycles. The highest BCUT2D eigenvalue weighted by atomic mass is 19.1. The molecule has 0 aliphatic carbocycles. The maximum absolute atomic E-state index is 13.6. The first-order chi connectivity index (χ1) is 9.90. The average Bonchev–Trinajstić information content (AvgIpc) is 2.43. The summed E-state index contributed by atoms with van der Waals surface area (Å²) in [7, 11) is 0. The van der Waals surface area contributed by atoms with Crippen LogP contribution in [-0.2, 0) is 0 Å². The fourth-order valence-electron chi connectivity index (χ4n) is 2.03. The van der Waals surface area contributed by atoms with Gasteiger partial charge in [0.05, 0.1) is 4.92 Å². The first kappa shape index (κ1) is 14.9. The largest absolute Gasteiger partial charge is 0.374 e. The van der Waals surface area contributed by atoms with Gasteiger partial charge in [-0.15, -0.1) is 0 Å². The average molecular weight is 292 g/mol. The summed E-state index contributed by atoms with van der Waals surface area (Å²) in [6.07, 6.45) is 0. The van der Waals surface area contributed by atoms with E-state index in [0.717, 1.165) is 12.1 Å². The van der Waals surface area contributed by atoms with Crippen molar-refractivity contribution < 1.29 is 13.7 Å². The molecule has 1 N–H and O–H groups in total. The van der Waals surface area contributed by atoms with Crippen LogP contribution in [0.1, 0.15) is 24.1 Å². The molecule has 0 aliphatic heterocycles. The van der Waals surface area contributed by atoms with Crippen LogP contribution < -0.4 is 5.32 Å². The van der Waals surface area contributed by atoms with Gasteiger partial charge in [0.2, 0.25) is 0 Å². The Hall–Kier alpha value is -2.50. The maximum atomic E-state index is 13.6. The lowest BCUT2D eigenvalue weighted by atomic mass is 10.0. The van der Waals surface area contributed by atoms with Crippen molar-refractivity contribution >= 4 is 11.4 Å². The lowest BCUT2D eigenvalue weighted by molar-refractivity contribution is -0.385. The molecular formula is C15H14F2N2O2. The third-order valence-corrected chi connectivity index (χ3v) is 3.25. The fraction of sp³-hybridized carbons (Fsp3) is 0.200. The van der Waals surface area contributed by atoms with Crippen LogP contribution in [0.15, 0.2) is 36.4 Å². The van der Waals surface area contributed by atoms with Crippen LogP contribution in [-0.4, -0.2) is 4.92 Å². The summed E-state index contributed by atoms with van der Waals surface area (Å²) in [5, 5.41) is 13.6. The Morgan fingerprint density at radius 1 is 1.19 bits per heavy atom. The highest BCUT2D eigenvalue weighted by molar-refractivity contribution is 5.50. The molecule has 6 heteroatoms. The van der Waals surface area contributed by atoms with Crippen molar-refractivity contribution in [1.29, 1.82) is 0 Å². The van der Waals surface area contributed by atoms with Gasteiger partial charge >= 0.3 is 0 Å². The summed E-state index contributed by atoms with van der Waals surface area (Å²) in [5.41, 5.74) is 0.853. The number of hydrogen-bond donors (Lipinski definition) is 1. The molecule has 0 spiro atoms. The summed E-state index contributed by atoms with van der Waals surface area (Å²) < 4.78 is 27.2. The van der Waals surface area contributed by atoms with Gasteiger partial charge in [0.25, 0.3) is 5.69 Å². The van der Waals surface area contributed by atoms with E-state index in [1.54, 1.807) is 26.0 Å². The number of para-hydroxylation sites is 1. The van der Waals surface area contributed by atoms with Gasteiger partial charge in [-0.05, 0) is 31.5 Å². The van der Waals surface area contributed by atoms with Crippen molar-refractivity contribution in [2.75, 3.05) is 5.32 Å². The molecule has 0 fully saturated rings. The molecule has 0 aromatic heterocycles. The van der Waals surface area contributed by atoms with Crippen LogP contribution in [0.5, 0.6) is 0 Å². The second kappa shape index (κ2) is 5.87. The van der Waals surface area contributed by atoms with Crippen molar-refractivity contribution in [3.05, 3.63) is 69.3 Å². The highest BCUT2D eigenvalue weighted by Crippen LogP contribution is 2.27. The van der Waals surface area contributed by atoms with Crippen LogP contribution in [0.25, 0.3) is 0 Å². The molecule has 2 aromatic carbocycles. The van der Waals surface area contributed by atoms with Gasteiger partial charge in [0, 0.05) is 17.7 Å². The van der Waals surface area contributed by atoms with Crippen molar-refractivity contribution in [1.82, 2.24) is 0 Å². The second-order valence-electron chi connectivity index (χ2n) is 4.77. The lowest BCUT2D eigenvalue weighted by Gasteiger charge is -2.17. The summed E-state index contributed by atoms with van der Waals surface area (Å²) in [5.74, 6) is -1.41. The molecule has 2 aromatic rings. The van der Waals surface area contributed by atoms with E-state index in [4.69, 9.17) is 0 Å². The molecule has 1 atom stereocenters. The normalized spacial score (nSPS) is 12.0. The molecule has 0 bridgehead atoms. The Balaban J connectivity index is 2.31. The Kier molecular flexibility index (Phi) is 4.16. The van der Waals surface area contributed by atoms with E-state index < -0.39 is 22.6 Å². The van der Waals surface area contributed by atoms with Gasteiger partial charge in [0.15, 0.2) is 0 Å². The zero-order valence-electron chi connectivity index (χ0n) is 11.6. The van der Waals surface area contributed by atoms with Crippen molar-refractivity contribution in [3.8, 4) is 0 Å². The fourth-order valence-corrected chi connectivity index (χ4v) is 2.03. The van der Waals surface area contributed by atoms with Gasteiger partial charge in [-0.1, -0.05) is 18.2 Å². The number of halogens is 2. The van der Waals surface area contributed by atoms with E-state index in [9.17, 15) is 18.9 Å². The minimum atomic E-state index is -0.705. The smallest absolute Gasteiger partial charge is 0.272 e. The number of benzene rings is 2. The van der Waals surface area contributed by atoms with Gasteiger partial charge in [0.1, 0.15) is 17.3 Å². The molecule has 0 radical (unpaired) electrons. The number of hydrogen-bond acceptors (Lipinski definition) is 3. The third kappa shape index (κ3) is 3.16. The van der Waals surface area contributed by atoms with Crippen molar-refractivity contribution in [2.45, 2.75) is 19.9 Å². The molecule has 0 amide bonds. The molecule has 1 unspecified atom stereocenters. The van der Waals surface area contributed by atoms with Gasteiger partial charge in [-0.2, -0.15) is 0 Å². The standard InChI is InChI=1S/C15H14F2N2O2/c1-9-6-7-11(8-14(9)19(20)21)10(2)18-15-12(16)4-3-5-13(15)17/h3-8,10,18H,1-2H3. The van der Waals surface area contributed by atoms with Gasteiger partial charge < -0.3 is 5.32 Å². The number of aryl methyl sites for hydroxylation is 1. The van der Waals surface area contributed by atoms with E-state index >= 15 is 0 Å². The van der Waals surface area contributed by atoms with Crippen molar-refractivity contribution in [3.63, 3.8) is 0 Å². The molecule has 21 heavy (non-hydrogen) atoms. The Labute approximate surface area is 120 Å². The summed E-state index contributed by atoms with van der Waals surface area (Å²) in [6.45, 7) is 3.32. The topological polar surface area (TPSA) is 55.2 Å². The third-order valence-electron chi connectivity index (χ3n) is 3.25. The summed E-state index contributed by atoms with van der Waals surface area (Å²) in [6, 6.07) is 7.81. The zero-order chi connectivity index (χ0) is 15.6. The number of nitrogens with one attached hydrogen (secondary N) is 1. The number of anilines is 1. The van der Waals surface area contributed by atoms with Crippen LogP contribution in [0.4, 0.5) is 20.2 Å². The molecule has 0 saturated heterocycles. The Bertz CT molecular complexity index is 669. The van der Waals surface area contributed by atoms with Gasteiger partial charge in [-0.3, -0.25) is 10.1 Å². The number of rotatable bonds is 4. The first-order valence-electron chi connectivity index (χ1n) is 6.35. The van der Waals surface area contributed by atoms with Gasteiger partial charge in [-0.25, -0.2) is 8.78 Å². The highest BCUT2D eigenvalue weighted by Gasteiger charge is 2.16. The summed E-state index contributed by atoms with van der Waals surface area (Å²) in [4.78, 5) is 10.5. The lowest BCUT2D eigenvalue weighted by Crippen LogP contribution is -2.10. The SMILES string of the molecule is Cc1ccc(C(C)Nc2c(F)cccc2F)cc1[N+](=O)[O-]. The van der Waals surface area contributed by atoms with Crippen LogP contribution in [0.2, 0.25) is 0 Å². The second-order valence-corrected chi connectivity index (χ2v) is 4.77. The van der Waals surface area contributed by atoms with E-state index in [2.05, 4.69) is 5.32 Å². The van der Waals surface area contributed by atoms with E-state index in [1.165, 1.54) is 12.1 Å². The molecule has 2 rings (SSSR count). The van der Waals surface area contributed by atoms with Crippen LogP contribution in [0.3, 0.4) is 0 Å². The number of nitrogens with zero attached hydrogens (tertiary/aromatic N) is 1. The van der Waals surface area contributed by atoms with E-state index in [0.29, 0.717) is 11.1 Å². The first-order valence-corrected chi connectivity index (χ1v) is 6.35. The Morgan fingerprint density at radius 3 is 2.38 bits per heavy atom. The summed E-state index contributed by atoms with van der Waals surface area (Å²) >= 11 is 0. The minimum absolute atomic E-state index is 0.0184. The molecular weight excluding hydrogens is 278 g/mol. The monoisotopic (exact) mass is 292 g/mol. The van der Waals surface area contributed by atoms with Crippen LogP contribution in [0, 0.1) is 28.7 Å². The molecule has 4 nitrogen and oxygen atoms in total.